The number of hydrogen-bond donors (Lipinski definition) is 1. The van der Waals surface area contributed by atoms with Crippen LogP contribution in [-0.2, 0) is 0 Å². The molecule has 1 N–H and O–H groups in total. The average molecular weight is 284 g/mol. The summed E-state index contributed by atoms with van der Waals surface area (Å²) in [6.07, 6.45) is 9.62. The molecule has 0 saturated heterocycles. The van der Waals surface area contributed by atoms with Crippen LogP contribution in [0.25, 0.3) is 0 Å². The molecule has 0 unspecified atom stereocenters. The van der Waals surface area contributed by atoms with E-state index in [4.69, 9.17) is 5.41 Å². The fourth-order valence-corrected chi connectivity index (χ4v) is 2.24. The number of nitrogens with zero attached hydrogens (tertiary/aromatic N) is 2. The minimum Gasteiger partial charge on any atom is -0.343 e. The first-order valence-electron chi connectivity index (χ1n) is 8.79. The first-order chi connectivity index (χ1) is 9.71. The zero-order chi connectivity index (χ0) is 15.2. The van der Waals surface area contributed by atoms with Crippen LogP contribution in [0.15, 0.2) is 0 Å². The van der Waals surface area contributed by atoms with Gasteiger partial charge in [-0.3, -0.25) is 5.41 Å². The van der Waals surface area contributed by atoms with Crippen LogP contribution >= 0.6 is 0 Å². The van der Waals surface area contributed by atoms with Gasteiger partial charge >= 0.3 is 0 Å². The number of rotatable bonds is 12. The molecule has 0 aromatic carbocycles. The lowest BCUT2D eigenvalue weighted by Gasteiger charge is -2.33. The van der Waals surface area contributed by atoms with Crippen LogP contribution in [0.3, 0.4) is 0 Å². The normalized spacial score (nSPS) is 10.6. The molecule has 0 aromatic rings. The predicted molar refractivity (Wildman–Crippen MR) is 90.5 cm³/mol. The van der Waals surface area contributed by atoms with E-state index in [9.17, 15) is 0 Å². The minimum atomic E-state index is 0.772. The second-order valence-electron chi connectivity index (χ2n) is 5.71. The van der Waals surface area contributed by atoms with E-state index >= 15 is 0 Å². The van der Waals surface area contributed by atoms with Gasteiger partial charge in [0.15, 0.2) is 5.96 Å². The Labute approximate surface area is 127 Å². The summed E-state index contributed by atoms with van der Waals surface area (Å²) in [6, 6.07) is 0. The molecule has 0 amide bonds. The molecule has 0 bridgehead atoms. The van der Waals surface area contributed by atoms with Crippen molar-refractivity contribution >= 4 is 5.96 Å². The summed E-state index contributed by atoms with van der Waals surface area (Å²) in [5, 5.41) is 8.57. The average Bonchev–Trinajstić information content (AvgIpc) is 2.47. The van der Waals surface area contributed by atoms with E-state index in [1.807, 2.05) is 0 Å². The maximum atomic E-state index is 8.57. The zero-order valence-corrected chi connectivity index (χ0v) is 14.4. The van der Waals surface area contributed by atoms with E-state index in [0.717, 1.165) is 32.1 Å². The van der Waals surface area contributed by atoms with Crippen LogP contribution in [-0.4, -0.2) is 41.9 Å². The number of hydrogen-bond acceptors (Lipinski definition) is 1. The van der Waals surface area contributed by atoms with Crippen molar-refractivity contribution in [3.8, 4) is 0 Å². The number of guanidine groups is 1. The molecule has 0 fully saturated rings. The Balaban J connectivity index is 4.54. The molecule has 0 aliphatic rings. The van der Waals surface area contributed by atoms with Gasteiger partial charge in [-0.2, -0.15) is 0 Å². The van der Waals surface area contributed by atoms with Gasteiger partial charge in [-0.05, 0) is 25.7 Å². The van der Waals surface area contributed by atoms with Gasteiger partial charge in [-0.1, -0.05) is 53.4 Å². The Hall–Kier alpha value is -0.730. The molecule has 0 radical (unpaired) electrons. The van der Waals surface area contributed by atoms with Gasteiger partial charge in [0.25, 0.3) is 0 Å². The molecule has 0 aromatic heterocycles. The van der Waals surface area contributed by atoms with E-state index < -0.39 is 0 Å². The first-order valence-corrected chi connectivity index (χ1v) is 8.79. The molecule has 0 aliphatic heterocycles. The monoisotopic (exact) mass is 283 g/mol. The van der Waals surface area contributed by atoms with Gasteiger partial charge in [-0.15, -0.1) is 0 Å². The predicted octanol–water partition coefficient (Wildman–Crippen LogP) is 4.73. The Morgan fingerprint density at radius 2 is 0.850 bits per heavy atom. The van der Waals surface area contributed by atoms with Crippen molar-refractivity contribution in [1.29, 1.82) is 5.41 Å². The highest BCUT2D eigenvalue weighted by molar-refractivity contribution is 5.76. The molecular formula is C17H37N3. The number of nitrogens with one attached hydrogen (secondary N) is 1. The highest BCUT2D eigenvalue weighted by atomic mass is 15.4. The van der Waals surface area contributed by atoms with Crippen LogP contribution in [0.2, 0.25) is 0 Å². The molecule has 0 aliphatic carbocycles. The lowest BCUT2D eigenvalue weighted by atomic mass is 10.2. The maximum absolute atomic E-state index is 8.57. The smallest absolute Gasteiger partial charge is 0.193 e. The third kappa shape index (κ3) is 8.44. The summed E-state index contributed by atoms with van der Waals surface area (Å²) in [4.78, 5) is 4.61. The molecule has 0 spiro atoms. The second-order valence-corrected chi connectivity index (χ2v) is 5.71. The highest BCUT2D eigenvalue weighted by Crippen LogP contribution is 2.07. The maximum Gasteiger partial charge on any atom is 0.193 e. The fraction of sp³-hybridized carbons (Fsp3) is 0.941. The summed E-state index contributed by atoms with van der Waals surface area (Å²) in [6.45, 7) is 13.1. The molecule has 3 nitrogen and oxygen atoms in total. The third-order valence-corrected chi connectivity index (χ3v) is 3.73. The fourth-order valence-electron chi connectivity index (χ4n) is 2.24. The molecule has 0 atom stereocenters. The van der Waals surface area contributed by atoms with E-state index in [1.54, 1.807) is 0 Å². The van der Waals surface area contributed by atoms with Crippen molar-refractivity contribution in [2.45, 2.75) is 79.1 Å². The van der Waals surface area contributed by atoms with Crippen LogP contribution < -0.4 is 0 Å². The van der Waals surface area contributed by atoms with Crippen molar-refractivity contribution in [2.75, 3.05) is 26.2 Å². The van der Waals surface area contributed by atoms with Crippen LogP contribution in [0, 0.1) is 5.41 Å². The molecule has 0 heterocycles. The van der Waals surface area contributed by atoms with Gasteiger partial charge in [0, 0.05) is 26.2 Å². The highest BCUT2D eigenvalue weighted by Gasteiger charge is 2.15. The van der Waals surface area contributed by atoms with Gasteiger partial charge in [0.1, 0.15) is 0 Å². The molecule has 120 valence electrons. The molecule has 0 saturated carbocycles. The number of unbranched alkanes of at least 4 members (excludes halogenated alkanes) is 4. The third-order valence-electron chi connectivity index (χ3n) is 3.73. The van der Waals surface area contributed by atoms with Crippen LogP contribution in [0.4, 0.5) is 0 Å². The van der Waals surface area contributed by atoms with E-state index in [-0.39, 0.29) is 0 Å². The summed E-state index contributed by atoms with van der Waals surface area (Å²) in [5.41, 5.74) is 0. The first kappa shape index (κ1) is 19.3. The summed E-state index contributed by atoms with van der Waals surface area (Å²) in [7, 11) is 0. The van der Waals surface area contributed by atoms with Gasteiger partial charge in [0.05, 0.1) is 0 Å². The van der Waals surface area contributed by atoms with Crippen molar-refractivity contribution in [1.82, 2.24) is 9.80 Å². The summed E-state index contributed by atoms with van der Waals surface area (Å²) >= 11 is 0. The quantitative estimate of drug-likeness (QED) is 0.415. The Kier molecular flexibility index (Phi) is 12.8. The van der Waals surface area contributed by atoms with Crippen LogP contribution in [0.1, 0.15) is 79.1 Å². The standard InChI is InChI=1S/C17H37N3/c1-5-9-13-19(14-10-6-2)17(18)20(15-11-7-3)16-12-8-4/h18H,5-16H2,1-4H3. The van der Waals surface area contributed by atoms with Gasteiger partial charge in [0.2, 0.25) is 0 Å². The second kappa shape index (κ2) is 13.3. The lowest BCUT2D eigenvalue weighted by molar-refractivity contribution is 0.298. The lowest BCUT2D eigenvalue weighted by Crippen LogP contribution is -2.45. The Morgan fingerprint density at radius 3 is 1.05 bits per heavy atom. The Morgan fingerprint density at radius 1 is 0.600 bits per heavy atom. The summed E-state index contributed by atoms with van der Waals surface area (Å²) < 4.78 is 0. The molecule has 0 rings (SSSR count). The van der Waals surface area contributed by atoms with E-state index in [0.29, 0.717) is 0 Å². The topological polar surface area (TPSA) is 30.3 Å². The summed E-state index contributed by atoms with van der Waals surface area (Å²) in [5.74, 6) is 0.772. The Bertz CT molecular complexity index is 190. The molecule has 20 heavy (non-hydrogen) atoms. The zero-order valence-electron chi connectivity index (χ0n) is 14.4. The van der Waals surface area contributed by atoms with Gasteiger partial charge in [-0.25, -0.2) is 0 Å². The largest absolute Gasteiger partial charge is 0.343 e. The molecule has 3 heteroatoms. The SMILES string of the molecule is CCCCN(CCCC)C(=N)N(CCCC)CCCC. The van der Waals surface area contributed by atoms with E-state index in [1.165, 1.54) is 51.4 Å². The van der Waals surface area contributed by atoms with Crippen molar-refractivity contribution in [2.24, 2.45) is 0 Å². The molecular weight excluding hydrogens is 246 g/mol. The van der Waals surface area contributed by atoms with Crippen molar-refractivity contribution in [3.63, 3.8) is 0 Å². The van der Waals surface area contributed by atoms with Gasteiger partial charge < -0.3 is 9.80 Å². The minimum absolute atomic E-state index is 0.772. The van der Waals surface area contributed by atoms with E-state index in [2.05, 4.69) is 37.5 Å². The van der Waals surface area contributed by atoms with Crippen molar-refractivity contribution < 1.29 is 0 Å². The van der Waals surface area contributed by atoms with Crippen molar-refractivity contribution in [3.05, 3.63) is 0 Å². The van der Waals surface area contributed by atoms with Crippen LogP contribution in [0.5, 0.6) is 0 Å².